The molecule has 0 spiro atoms. The predicted molar refractivity (Wildman–Crippen MR) is 143 cm³/mol. The molecule has 32 heavy (non-hydrogen) atoms. The van der Waals surface area contributed by atoms with Gasteiger partial charge in [0.2, 0.25) is 0 Å². The average molecular weight is 559 g/mol. The number of halogens is 1. The van der Waals surface area contributed by atoms with Crippen LogP contribution < -0.4 is 10.6 Å². The van der Waals surface area contributed by atoms with E-state index in [1.54, 1.807) is 0 Å². The van der Waals surface area contributed by atoms with E-state index in [1.807, 2.05) is 0 Å². The molecular formula is C25H43IN4O2. The number of β-amino-alcohol motifs (C(OH)–C–C–N with tert-alkyl or cyclic N) is 1. The Kier molecular flexibility index (Phi) is 11.2. The van der Waals surface area contributed by atoms with Crippen LogP contribution in [-0.2, 0) is 17.7 Å². The first kappa shape index (κ1) is 27.3. The molecule has 2 heterocycles. The minimum atomic E-state index is -0.471. The lowest BCUT2D eigenvalue weighted by molar-refractivity contribution is -0.0835. The zero-order valence-corrected chi connectivity index (χ0v) is 22.6. The third-order valence-electron chi connectivity index (χ3n) is 6.31. The molecule has 0 aliphatic carbocycles. The minimum Gasteiger partial charge on any atom is -0.390 e. The number of ether oxygens (including phenoxy) is 1. The van der Waals surface area contributed by atoms with Gasteiger partial charge in [-0.2, -0.15) is 0 Å². The van der Waals surface area contributed by atoms with Crippen molar-refractivity contribution in [1.29, 1.82) is 0 Å². The van der Waals surface area contributed by atoms with Crippen LogP contribution in [0.4, 0.5) is 0 Å². The summed E-state index contributed by atoms with van der Waals surface area (Å²) in [6.45, 7) is 14.3. The van der Waals surface area contributed by atoms with Crippen LogP contribution in [0.1, 0.15) is 51.7 Å². The lowest BCUT2D eigenvalue weighted by Gasteiger charge is -2.40. The number of aliphatic imine (C=N–C) groups is 1. The molecule has 3 atom stereocenters. The summed E-state index contributed by atoms with van der Waals surface area (Å²) in [7, 11) is 0. The maximum atomic E-state index is 10.6. The molecule has 0 bridgehead atoms. The second kappa shape index (κ2) is 13.1. The summed E-state index contributed by atoms with van der Waals surface area (Å²) in [6, 6.07) is 8.61. The Balaban J connectivity index is 0.00000363. The number of hydrogen-bond acceptors (Lipinski definition) is 4. The molecule has 182 valence electrons. The van der Waals surface area contributed by atoms with Crippen molar-refractivity contribution in [3.8, 4) is 0 Å². The van der Waals surface area contributed by atoms with Gasteiger partial charge in [0.05, 0.1) is 18.8 Å². The smallest absolute Gasteiger partial charge is 0.191 e. The SMILES string of the molecule is CCNC(=NCC(O)CN1CCc2ccccc2C1)NCC1CCCOC1C(C)(C)C.I. The highest BCUT2D eigenvalue weighted by Gasteiger charge is 2.35. The molecule has 0 radical (unpaired) electrons. The van der Waals surface area contributed by atoms with Crippen LogP contribution in [-0.4, -0.2) is 67.5 Å². The molecular weight excluding hydrogens is 515 g/mol. The zero-order valence-electron chi connectivity index (χ0n) is 20.3. The molecule has 1 aromatic carbocycles. The summed E-state index contributed by atoms with van der Waals surface area (Å²) in [4.78, 5) is 7.00. The second-order valence-corrected chi connectivity index (χ2v) is 10.1. The Morgan fingerprint density at radius 3 is 2.72 bits per heavy atom. The quantitative estimate of drug-likeness (QED) is 0.272. The van der Waals surface area contributed by atoms with Crippen molar-refractivity contribution in [2.75, 3.05) is 39.3 Å². The molecule has 3 N–H and O–H groups in total. The number of aliphatic hydroxyl groups excluding tert-OH is 1. The standard InChI is InChI=1S/C25H42N4O2.HI/c1-5-26-24(27-15-20-11-8-14-31-23(20)25(2,3)4)28-16-22(30)18-29-13-12-19-9-6-7-10-21(19)17-29;/h6-7,9-10,20,22-23,30H,5,8,11-18H2,1-4H3,(H2,26,27,28);1H. The van der Waals surface area contributed by atoms with Gasteiger partial charge < -0.3 is 20.5 Å². The molecule has 1 aromatic rings. The number of nitrogens with zero attached hydrogens (tertiary/aromatic N) is 2. The van der Waals surface area contributed by atoms with Crippen molar-refractivity contribution in [1.82, 2.24) is 15.5 Å². The van der Waals surface area contributed by atoms with Crippen LogP contribution in [0.5, 0.6) is 0 Å². The van der Waals surface area contributed by atoms with Gasteiger partial charge in [0.15, 0.2) is 5.96 Å². The first-order valence-electron chi connectivity index (χ1n) is 12.0. The van der Waals surface area contributed by atoms with Gasteiger partial charge in [0.1, 0.15) is 0 Å². The fourth-order valence-corrected chi connectivity index (χ4v) is 4.84. The summed E-state index contributed by atoms with van der Waals surface area (Å²) in [5.41, 5.74) is 2.94. The Morgan fingerprint density at radius 1 is 1.25 bits per heavy atom. The van der Waals surface area contributed by atoms with E-state index in [9.17, 15) is 5.11 Å². The molecule has 1 saturated heterocycles. The molecule has 3 unspecified atom stereocenters. The number of guanidine groups is 1. The normalized spacial score (nSPS) is 23.1. The number of fused-ring (bicyclic) bond motifs is 1. The lowest BCUT2D eigenvalue weighted by Crippen LogP contribution is -2.47. The predicted octanol–water partition coefficient (Wildman–Crippen LogP) is 3.42. The maximum Gasteiger partial charge on any atom is 0.191 e. The van der Waals surface area contributed by atoms with E-state index in [1.165, 1.54) is 17.5 Å². The number of nitrogens with one attached hydrogen (secondary N) is 2. The first-order valence-corrected chi connectivity index (χ1v) is 12.0. The van der Waals surface area contributed by atoms with Crippen LogP contribution >= 0.6 is 24.0 Å². The van der Waals surface area contributed by atoms with Crippen LogP contribution in [0.25, 0.3) is 0 Å². The van der Waals surface area contributed by atoms with Gasteiger partial charge in [-0.3, -0.25) is 9.89 Å². The van der Waals surface area contributed by atoms with Crippen LogP contribution in [0.3, 0.4) is 0 Å². The second-order valence-electron chi connectivity index (χ2n) is 10.1. The Labute approximate surface area is 211 Å². The van der Waals surface area contributed by atoms with E-state index in [4.69, 9.17) is 4.74 Å². The van der Waals surface area contributed by atoms with E-state index in [2.05, 4.69) is 72.5 Å². The fraction of sp³-hybridized carbons (Fsp3) is 0.720. The molecule has 3 rings (SSSR count). The summed E-state index contributed by atoms with van der Waals surface area (Å²) < 4.78 is 6.11. The lowest BCUT2D eigenvalue weighted by atomic mass is 9.78. The zero-order chi connectivity index (χ0) is 22.3. The molecule has 0 aromatic heterocycles. The van der Waals surface area contributed by atoms with Gasteiger partial charge in [0, 0.05) is 45.2 Å². The Morgan fingerprint density at radius 2 is 2.00 bits per heavy atom. The molecule has 2 aliphatic rings. The van der Waals surface area contributed by atoms with Crippen molar-refractivity contribution in [2.45, 2.75) is 65.7 Å². The van der Waals surface area contributed by atoms with Crippen molar-refractivity contribution in [2.24, 2.45) is 16.3 Å². The van der Waals surface area contributed by atoms with Crippen molar-refractivity contribution < 1.29 is 9.84 Å². The number of benzene rings is 1. The summed E-state index contributed by atoms with van der Waals surface area (Å²) in [5, 5.41) is 17.4. The number of aliphatic hydroxyl groups is 1. The highest BCUT2D eigenvalue weighted by Crippen LogP contribution is 2.33. The fourth-order valence-electron chi connectivity index (χ4n) is 4.84. The number of hydrogen-bond donors (Lipinski definition) is 3. The van der Waals surface area contributed by atoms with Crippen LogP contribution in [0.2, 0.25) is 0 Å². The molecule has 6 nitrogen and oxygen atoms in total. The van der Waals surface area contributed by atoms with Gasteiger partial charge in [-0.15, -0.1) is 24.0 Å². The minimum absolute atomic E-state index is 0. The van der Waals surface area contributed by atoms with Gasteiger partial charge in [-0.05, 0) is 42.7 Å². The van der Waals surface area contributed by atoms with E-state index in [-0.39, 0.29) is 35.5 Å². The Hall–Kier alpha value is -0.900. The first-order chi connectivity index (χ1) is 14.9. The van der Waals surface area contributed by atoms with Gasteiger partial charge in [-0.25, -0.2) is 0 Å². The summed E-state index contributed by atoms with van der Waals surface area (Å²) in [5.74, 6) is 1.25. The average Bonchev–Trinajstić information content (AvgIpc) is 2.75. The van der Waals surface area contributed by atoms with Crippen LogP contribution in [0.15, 0.2) is 29.3 Å². The topological polar surface area (TPSA) is 69.1 Å². The maximum absolute atomic E-state index is 10.6. The highest BCUT2D eigenvalue weighted by atomic mass is 127. The summed E-state index contributed by atoms with van der Waals surface area (Å²) in [6.07, 6.45) is 3.12. The number of rotatable bonds is 7. The van der Waals surface area contributed by atoms with Gasteiger partial charge in [0.25, 0.3) is 0 Å². The molecule has 0 saturated carbocycles. The van der Waals surface area contributed by atoms with Crippen molar-refractivity contribution in [3.05, 3.63) is 35.4 Å². The van der Waals surface area contributed by atoms with Crippen molar-refractivity contribution >= 4 is 29.9 Å². The third-order valence-corrected chi connectivity index (χ3v) is 6.31. The van der Waals surface area contributed by atoms with E-state index in [0.29, 0.717) is 19.0 Å². The summed E-state index contributed by atoms with van der Waals surface area (Å²) >= 11 is 0. The molecule has 7 heteroatoms. The van der Waals surface area contributed by atoms with Crippen LogP contribution in [0, 0.1) is 11.3 Å². The van der Waals surface area contributed by atoms with E-state index in [0.717, 1.165) is 51.6 Å². The molecule has 0 amide bonds. The van der Waals surface area contributed by atoms with Crippen molar-refractivity contribution in [3.63, 3.8) is 0 Å². The van der Waals surface area contributed by atoms with Gasteiger partial charge in [-0.1, -0.05) is 45.0 Å². The van der Waals surface area contributed by atoms with Gasteiger partial charge >= 0.3 is 0 Å². The monoisotopic (exact) mass is 558 g/mol. The largest absolute Gasteiger partial charge is 0.390 e. The van der Waals surface area contributed by atoms with E-state index < -0.39 is 6.10 Å². The highest BCUT2D eigenvalue weighted by molar-refractivity contribution is 14.0. The third kappa shape index (κ3) is 8.15. The molecule has 2 aliphatic heterocycles. The van der Waals surface area contributed by atoms with E-state index >= 15 is 0 Å². The molecule has 1 fully saturated rings. The Bertz CT molecular complexity index is 722.